The number of hydrogen-bond donors (Lipinski definition) is 1. The molecule has 3 aromatic carbocycles. The Balaban J connectivity index is 2.06. The van der Waals surface area contributed by atoms with Crippen molar-refractivity contribution in [3.8, 4) is 5.75 Å². The molecule has 0 fully saturated rings. The minimum atomic E-state index is -4.19. The molecule has 0 saturated heterocycles. The van der Waals surface area contributed by atoms with Crippen LogP contribution in [0.4, 0.5) is 5.69 Å². The van der Waals surface area contributed by atoms with E-state index < -0.39 is 28.5 Å². The third-order valence-corrected chi connectivity index (χ3v) is 8.90. The van der Waals surface area contributed by atoms with Gasteiger partial charge in [0.1, 0.15) is 18.3 Å². The van der Waals surface area contributed by atoms with Crippen LogP contribution in [0.15, 0.2) is 76.1 Å². The zero-order valence-electron chi connectivity index (χ0n) is 23.6. The van der Waals surface area contributed by atoms with Gasteiger partial charge in [-0.25, -0.2) is 8.42 Å². The van der Waals surface area contributed by atoms with Crippen LogP contribution in [-0.4, -0.2) is 50.9 Å². The molecule has 1 atom stereocenters. The largest absolute Gasteiger partial charge is 0.496 e. The molecule has 3 aromatic rings. The fourth-order valence-corrected chi connectivity index (χ4v) is 6.27. The van der Waals surface area contributed by atoms with Gasteiger partial charge in [0.2, 0.25) is 11.8 Å². The van der Waals surface area contributed by atoms with Crippen LogP contribution in [0.25, 0.3) is 0 Å². The Morgan fingerprint density at radius 3 is 2.20 bits per heavy atom. The molecule has 0 aliphatic rings. The monoisotopic (exact) mass is 629 g/mol. The van der Waals surface area contributed by atoms with Gasteiger partial charge in [0.25, 0.3) is 10.0 Å². The predicted octanol–water partition coefficient (Wildman–Crippen LogP) is 5.21. The van der Waals surface area contributed by atoms with Crippen LogP contribution >= 0.6 is 15.9 Å². The van der Waals surface area contributed by atoms with Gasteiger partial charge < -0.3 is 15.0 Å². The second-order valence-corrected chi connectivity index (χ2v) is 12.6. The molecule has 0 bridgehead atoms. The number of ether oxygens (including phenoxy) is 1. The summed E-state index contributed by atoms with van der Waals surface area (Å²) >= 11 is 3.36. The number of hydrogen-bond acceptors (Lipinski definition) is 5. The van der Waals surface area contributed by atoms with Crippen molar-refractivity contribution in [1.82, 2.24) is 10.2 Å². The lowest BCUT2D eigenvalue weighted by atomic mass is 10.1. The number of anilines is 1. The van der Waals surface area contributed by atoms with Crippen molar-refractivity contribution < 1.29 is 22.7 Å². The van der Waals surface area contributed by atoms with Crippen LogP contribution in [0, 0.1) is 13.8 Å². The zero-order valence-corrected chi connectivity index (χ0v) is 26.0. The number of sulfonamides is 1. The Morgan fingerprint density at radius 1 is 0.975 bits per heavy atom. The normalized spacial score (nSPS) is 12.1. The number of benzene rings is 3. The van der Waals surface area contributed by atoms with Crippen molar-refractivity contribution >= 4 is 43.5 Å². The number of halogens is 1. The lowest BCUT2D eigenvalue weighted by Gasteiger charge is -2.32. The lowest BCUT2D eigenvalue weighted by Crippen LogP contribution is -2.52. The third-order valence-electron chi connectivity index (χ3n) is 6.51. The smallest absolute Gasteiger partial charge is 0.264 e. The number of carbonyl (C=O) groups is 2. The predicted molar refractivity (Wildman–Crippen MR) is 161 cm³/mol. The molecule has 0 aromatic heterocycles. The standard InChI is InChI=1S/C30H36BrN3O5S/c1-20(2)32-30(36)23(5)33(18-24-10-8-7-9-22(24)4)29(35)19-34(25-13-11-21(3)12-14-25)40(37,38)26-15-16-28(39-6)27(31)17-26/h7-17,20,23H,18-19H2,1-6H3,(H,32,36)/t23-/m0/s1. The Morgan fingerprint density at radius 2 is 1.62 bits per heavy atom. The van der Waals surface area contributed by atoms with Gasteiger partial charge in [-0.2, -0.15) is 0 Å². The molecule has 8 nitrogen and oxygen atoms in total. The molecule has 0 heterocycles. The molecule has 1 N–H and O–H groups in total. The summed E-state index contributed by atoms with van der Waals surface area (Å²) in [6, 6.07) is 18.0. The molecule has 3 rings (SSSR count). The minimum Gasteiger partial charge on any atom is -0.496 e. The Bertz CT molecular complexity index is 1460. The van der Waals surface area contributed by atoms with Crippen LogP contribution in [0.3, 0.4) is 0 Å². The molecule has 40 heavy (non-hydrogen) atoms. The molecule has 214 valence electrons. The van der Waals surface area contributed by atoms with Gasteiger partial charge in [-0.15, -0.1) is 0 Å². The lowest BCUT2D eigenvalue weighted by molar-refractivity contribution is -0.139. The van der Waals surface area contributed by atoms with E-state index in [1.54, 1.807) is 37.3 Å². The van der Waals surface area contributed by atoms with E-state index >= 15 is 0 Å². The van der Waals surface area contributed by atoms with E-state index in [0.717, 1.165) is 21.0 Å². The zero-order chi connectivity index (χ0) is 29.6. The van der Waals surface area contributed by atoms with Crippen LogP contribution in [0.2, 0.25) is 0 Å². The molecular weight excluding hydrogens is 594 g/mol. The first-order chi connectivity index (χ1) is 18.8. The quantitative estimate of drug-likeness (QED) is 0.314. The summed E-state index contributed by atoms with van der Waals surface area (Å²) in [5.41, 5.74) is 3.10. The number of nitrogens with zero attached hydrogens (tertiary/aromatic N) is 2. The third kappa shape index (κ3) is 7.42. The highest BCUT2D eigenvalue weighted by atomic mass is 79.9. The Labute approximate surface area is 245 Å². The average molecular weight is 631 g/mol. The number of aryl methyl sites for hydroxylation is 2. The van der Waals surface area contributed by atoms with E-state index in [1.807, 2.05) is 52.0 Å². The van der Waals surface area contributed by atoms with Crippen molar-refractivity contribution in [1.29, 1.82) is 0 Å². The molecule has 10 heteroatoms. The highest BCUT2D eigenvalue weighted by molar-refractivity contribution is 9.10. The van der Waals surface area contributed by atoms with Crippen molar-refractivity contribution in [2.45, 2.75) is 58.1 Å². The summed E-state index contributed by atoms with van der Waals surface area (Å²) in [5, 5.41) is 2.86. The molecular formula is C30H36BrN3O5S. The van der Waals surface area contributed by atoms with Gasteiger partial charge in [-0.05, 0) is 92.0 Å². The molecule has 0 aliphatic heterocycles. The van der Waals surface area contributed by atoms with Crippen molar-refractivity contribution in [3.05, 3.63) is 87.9 Å². The number of nitrogens with one attached hydrogen (secondary N) is 1. The van der Waals surface area contributed by atoms with Gasteiger partial charge in [0.15, 0.2) is 0 Å². The number of rotatable bonds is 11. The molecule has 0 spiro atoms. The van der Waals surface area contributed by atoms with Crippen LogP contribution in [0.5, 0.6) is 5.75 Å². The van der Waals surface area contributed by atoms with E-state index in [0.29, 0.717) is 15.9 Å². The van der Waals surface area contributed by atoms with Gasteiger partial charge in [0, 0.05) is 12.6 Å². The topological polar surface area (TPSA) is 96.0 Å². The van der Waals surface area contributed by atoms with Gasteiger partial charge >= 0.3 is 0 Å². The SMILES string of the molecule is COc1ccc(S(=O)(=O)N(CC(=O)N(Cc2ccccc2C)[C@@H](C)C(=O)NC(C)C)c2ccc(C)cc2)cc1Br. The molecule has 0 aliphatic carbocycles. The van der Waals surface area contributed by atoms with Gasteiger partial charge in [0.05, 0.1) is 22.2 Å². The minimum absolute atomic E-state index is 0.00963. The van der Waals surface area contributed by atoms with E-state index in [9.17, 15) is 18.0 Å². The fraction of sp³-hybridized carbons (Fsp3) is 0.333. The molecule has 0 unspecified atom stereocenters. The summed E-state index contributed by atoms with van der Waals surface area (Å²) in [4.78, 5) is 28.4. The Kier molecular flexibility index (Phi) is 10.4. The number of amides is 2. The highest BCUT2D eigenvalue weighted by Crippen LogP contribution is 2.31. The highest BCUT2D eigenvalue weighted by Gasteiger charge is 2.33. The first-order valence-electron chi connectivity index (χ1n) is 12.9. The summed E-state index contributed by atoms with van der Waals surface area (Å²) in [6.07, 6.45) is 0. The maximum atomic E-state index is 14.0. The summed E-state index contributed by atoms with van der Waals surface area (Å²) < 4.78 is 34.8. The van der Waals surface area contributed by atoms with E-state index in [1.165, 1.54) is 24.1 Å². The summed E-state index contributed by atoms with van der Waals surface area (Å²) in [5.74, 6) is -0.349. The van der Waals surface area contributed by atoms with Crippen molar-refractivity contribution in [2.24, 2.45) is 0 Å². The summed E-state index contributed by atoms with van der Waals surface area (Å²) in [7, 11) is -2.70. The first kappa shape index (κ1) is 31.2. The van der Waals surface area contributed by atoms with Gasteiger partial charge in [-0.1, -0.05) is 42.0 Å². The summed E-state index contributed by atoms with van der Waals surface area (Å²) in [6.45, 7) is 8.82. The van der Waals surface area contributed by atoms with E-state index in [2.05, 4.69) is 21.2 Å². The molecule has 0 saturated carbocycles. The average Bonchev–Trinajstić information content (AvgIpc) is 2.90. The van der Waals surface area contributed by atoms with Crippen LogP contribution < -0.4 is 14.4 Å². The second kappa shape index (κ2) is 13.3. The van der Waals surface area contributed by atoms with Crippen LogP contribution in [0.1, 0.15) is 37.5 Å². The maximum absolute atomic E-state index is 14.0. The first-order valence-corrected chi connectivity index (χ1v) is 15.2. The maximum Gasteiger partial charge on any atom is 0.264 e. The van der Waals surface area contributed by atoms with Crippen molar-refractivity contribution in [3.63, 3.8) is 0 Å². The van der Waals surface area contributed by atoms with Gasteiger partial charge in [-0.3, -0.25) is 13.9 Å². The van der Waals surface area contributed by atoms with E-state index in [4.69, 9.17) is 4.74 Å². The van der Waals surface area contributed by atoms with Crippen molar-refractivity contribution in [2.75, 3.05) is 18.0 Å². The molecule has 0 radical (unpaired) electrons. The van der Waals surface area contributed by atoms with E-state index in [-0.39, 0.29) is 23.4 Å². The fourth-order valence-electron chi connectivity index (χ4n) is 4.13. The number of methoxy groups -OCH3 is 1. The second-order valence-electron chi connectivity index (χ2n) is 9.93. The Hall–Kier alpha value is -3.37. The molecule has 2 amide bonds. The van der Waals surface area contributed by atoms with Crippen LogP contribution in [-0.2, 0) is 26.2 Å². The number of carbonyl (C=O) groups excluding carboxylic acids is 2.